The molecule has 0 aromatic carbocycles. The Morgan fingerprint density at radius 1 is 1.44 bits per heavy atom. The van der Waals surface area contributed by atoms with E-state index >= 15 is 0 Å². The molecule has 0 heterocycles. The summed E-state index contributed by atoms with van der Waals surface area (Å²) in [6.07, 6.45) is 0.658. The van der Waals surface area contributed by atoms with Gasteiger partial charge in [0.2, 0.25) is 0 Å². The highest BCUT2D eigenvalue weighted by atomic mass is 79.9. The number of Topliss-reactive ketones (excluding diaryl/α,β-unsaturated/α-hetero) is 1. The van der Waals surface area contributed by atoms with Crippen molar-refractivity contribution in [1.29, 1.82) is 0 Å². The van der Waals surface area contributed by atoms with E-state index in [1.807, 2.05) is 20.8 Å². The Labute approximate surface area is 105 Å². The standard InChI is InChI=1S/C12H19BrO3/c1-12(2,3)9-7(4-5-13)10(15)8(6-14)11(9)16/h6-7,9-10,14-15H,4-5H2,1-3H3. The van der Waals surface area contributed by atoms with Crippen LogP contribution in [0.5, 0.6) is 0 Å². The summed E-state index contributed by atoms with van der Waals surface area (Å²) < 4.78 is 0. The number of rotatable bonds is 2. The van der Waals surface area contributed by atoms with Gasteiger partial charge in [0, 0.05) is 17.2 Å². The largest absolute Gasteiger partial charge is 0.515 e. The fourth-order valence-electron chi connectivity index (χ4n) is 2.56. The zero-order valence-electron chi connectivity index (χ0n) is 9.90. The first-order valence-corrected chi connectivity index (χ1v) is 6.59. The molecule has 3 atom stereocenters. The first-order chi connectivity index (χ1) is 7.34. The Hall–Kier alpha value is -0.350. The zero-order valence-corrected chi connectivity index (χ0v) is 11.5. The number of alkyl halides is 1. The van der Waals surface area contributed by atoms with Crippen LogP contribution in [0.3, 0.4) is 0 Å². The third-order valence-corrected chi connectivity index (χ3v) is 3.69. The predicted octanol–water partition coefficient (Wildman–Crippen LogP) is 2.44. The number of aliphatic hydroxyl groups is 2. The monoisotopic (exact) mass is 290 g/mol. The normalized spacial score (nSPS) is 33.7. The van der Waals surface area contributed by atoms with Gasteiger partial charge in [-0.1, -0.05) is 36.7 Å². The summed E-state index contributed by atoms with van der Waals surface area (Å²) in [5, 5.41) is 19.8. The van der Waals surface area contributed by atoms with Crippen molar-refractivity contribution in [2.24, 2.45) is 17.3 Å². The van der Waals surface area contributed by atoms with Crippen LogP contribution in [0, 0.1) is 17.3 Å². The fourth-order valence-corrected chi connectivity index (χ4v) is 3.09. The lowest BCUT2D eigenvalue weighted by atomic mass is 9.73. The van der Waals surface area contributed by atoms with Gasteiger partial charge in [0.15, 0.2) is 5.78 Å². The summed E-state index contributed by atoms with van der Waals surface area (Å²) in [6.45, 7) is 5.97. The molecule has 4 heteroatoms. The molecular weight excluding hydrogens is 272 g/mol. The van der Waals surface area contributed by atoms with Crippen LogP contribution in [0.2, 0.25) is 0 Å². The molecule has 0 aromatic heterocycles. The van der Waals surface area contributed by atoms with E-state index in [9.17, 15) is 9.90 Å². The van der Waals surface area contributed by atoms with E-state index in [0.29, 0.717) is 0 Å². The highest BCUT2D eigenvalue weighted by molar-refractivity contribution is 9.09. The number of hydrogen-bond acceptors (Lipinski definition) is 3. The number of halogens is 1. The third kappa shape index (κ3) is 2.33. The van der Waals surface area contributed by atoms with Crippen molar-refractivity contribution in [2.45, 2.75) is 33.3 Å². The number of hydrogen-bond donors (Lipinski definition) is 2. The number of carbonyl (C=O) groups excluding carboxylic acids is 1. The van der Waals surface area contributed by atoms with Crippen molar-refractivity contribution in [1.82, 2.24) is 0 Å². The van der Waals surface area contributed by atoms with Gasteiger partial charge in [0.05, 0.1) is 17.9 Å². The van der Waals surface area contributed by atoms with Crippen LogP contribution in [0.25, 0.3) is 0 Å². The van der Waals surface area contributed by atoms with Crippen molar-refractivity contribution in [2.75, 3.05) is 5.33 Å². The molecule has 92 valence electrons. The van der Waals surface area contributed by atoms with Crippen molar-refractivity contribution in [3.63, 3.8) is 0 Å². The van der Waals surface area contributed by atoms with Crippen LogP contribution < -0.4 is 0 Å². The van der Waals surface area contributed by atoms with E-state index < -0.39 is 6.10 Å². The van der Waals surface area contributed by atoms with Gasteiger partial charge in [0.1, 0.15) is 0 Å². The van der Waals surface area contributed by atoms with E-state index in [-0.39, 0.29) is 28.6 Å². The van der Waals surface area contributed by atoms with Crippen LogP contribution in [0.1, 0.15) is 27.2 Å². The van der Waals surface area contributed by atoms with E-state index in [4.69, 9.17) is 5.11 Å². The van der Waals surface area contributed by atoms with Crippen molar-refractivity contribution in [3.8, 4) is 0 Å². The molecule has 0 radical (unpaired) electrons. The molecule has 16 heavy (non-hydrogen) atoms. The fraction of sp³-hybridized carbons (Fsp3) is 0.750. The van der Waals surface area contributed by atoms with Crippen LogP contribution in [0.4, 0.5) is 0 Å². The summed E-state index contributed by atoms with van der Waals surface area (Å²) in [6, 6.07) is 0. The summed E-state index contributed by atoms with van der Waals surface area (Å²) in [5.74, 6) is -0.447. The lowest BCUT2D eigenvalue weighted by Crippen LogP contribution is -2.32. The number of ketones is 1. The van der Waals surface area contributed by atoms with Crippen LogP contribution >= 0.6 is 15.9 Å². The predicted molar refractivity (Wildman–Crippen MR) is 66.6 cm³/mol. The molecule has 1 rings (SSSR count). The molecular formula is C12H19BrO3. The van der Waals surface area contributed by atoms with E-state index in [0.717, 1.165) is 18.0 Å². The summed E-state index contributed by atoms with van der Waals surface area (Å²) in [5.41, 5.74) is -0.0405. The molecule has 1 saturated carbocycles. The van der Waals surface area contributed by atoms with Gasteiger partial charge in [-0.05, 0) is 11.8 Å². The van der Waals surface area contributed by atoms with Crippen molar-refractivity contribution >= 4 is 21.7 Å². The topological polar surface area (TPSA) is 57.5 Å². The van der Waals surface area contributed by atoms with Crippen molar-refractivity contribution < 1.29 is 15.0 Å². The Morgan fingerprint density at radius 3 is 2.38 bits per heavy atom. The molecule has 1 aliphatic carbocycles. The Kier molecular flexibility index (Phi) is 4.18. The minimum absolute atomic E-state index is 0.106. The molecule has 1 fully saturated rings. The molecule has 2 N–H and O–H groups in total. The van der Waals surface area contributed by atoms with Crippen LogP contribution in [-0.2, 0) is 4.79 Å². The molecule has 0 aliphatic heterocycles. The quantitative estimate of drug-likeness (QED) is 0.467. The maximum Gasteiger partial charge on any atom is 0.168 e. The van der Waals surface area contributed by atoms with Gasteiger partial charge in [-0.3, -0.25) is 4.79 Å². The van der Waals surface area contributed by atoms with E-state index in [2.05, 4.69) is 15.9 Å². The first kappa shape index (κ1) is 13.7. The number of aliphatic hydroxyl groups excluding tert-OH is 2. The van der Waals surface area contributed by atoms with Gasteiger partial charge in [-0.15, -0.1) is 0 Å². The molecule has 0 spiro atoms. The molecule has 0 saturated heterocycles. The summed E-state index contributed by atoms with van der Waals surface area (Å²) >= 11 is 3.34. The Morgan fingerprint density at radius 2 is 2.00 bits per heavy atom. The third-order valence-electron chi connectivity index (χ3n) is 3.23. The second-order valence-corrected chi connectivity index (χ2v) is 6.17. The summed E-state index contributed by atoms with van der Waals surface area (Å²) in [4.78, 5) is 12.1. The average Bonchev–Trinajstić information content (AvgIpc) is 2.38. The van der Waals surface area contributed by atoms with Gasteiger partial charge >= 0.3 is 0 Å². The van der Waals surface area contributed by atoms with Gasteiger partial charge < -0.3 is 10.2 Å². The highest BCUT2D eigenvalue weighted by Gasteiger charge is 2.50. The maximum atomic E-state index is 12.1. The molecule has 3 unspecified atom stereocenters. The van der Waals surface area contributed by atoms with Gasteiger partial charge in [-0.25, -0.2) is 0 Å². The zero-order chi connectivity index (χ0) is 12.5. The molecule has 3 nitrogen and oxygen atoms in total. The average molecular weight is 291 g/mol. The van der Waals surface area contributed by atoms with Crippen molar-refractivity contribution in [3.05, 3.63) is 11.8 Å². The van der Waals surface area contributed by atoms with E-state index in [1.165, 1.54) is 0 Å². The van der Waals surface area contributed by atoms with E-state index in [1.54, 1.807) is 0 Å². The molecule has 0 amide bonds. The van der Waals surface area contributed by atoms with Crippen LogP contribution in [0.15, 0.2) is 11.8 Å². The SMILES string of the molecule is CC(C)(C)C1C(=O)C(=CO)C(O)C1CCBr. The molecule has 0 aromatic rings. The lowest BCUT2D eigenvalue weighted by Gasteiger charge is -2.31. The maximum absolute atomic E-state index is 12.1. The second-order valence-electron chi connectivity index (χ2n) is 5.38. The number of carbonyl (C=O) groups is 1. The van der Waals surface area contributed by atoms with Gasteiger partial charge in [0.25, 0.3) is 0 Å². The minimum atomic E-state index is -0.834. The smallest absolute Gasteiger partial charge is 0.168 e. The molecule has 0 bridgehead atoms. The lowest BCUT2D eigenvalue weighted by molar-refractivity contribution is -0.121. The highest BCUT2D eigenvalue weighted by Crippen LogP contribution is 2.45. The first-order valence-electron chi connectivity index (χ1n) is 5.47. The van der Waals surface area contributed by atoms with Crippen LogP contribution in [-0.4, -0.2) is 27.4 Å². The Balaban J connectivity index is 3.09. The molecule has 1 aliphatic rings. The second kappa shape index (κ2) is 4.88. The van der Waals surface area contributed by atoms with Gasteiger partial charge in [-0.2, -0.15) is 0 Å². The Bertz CT molecular complexity index is 304. The summed E-state index contributed by atoms with van der Waals surface area (Å²) in [7, 11) is 0. The minimum Gasteiger partial charge on any atom is -0.515 e.